The predicted molar refractivity (Wildman–Crippen MR) is 107 cm³/mol. The molecule has 6 heteroatoms. The number of aliphatic imine (C=N–C) groups is 1. The van der Waals surface area contributed by atoms with Crippen molar-refractivity contribution in [3.63, 3.8) is 0 Å². The van der Waals surface area contributed by atoms with E-state index in [0.29, 0.717) is 6.54 Å². The normalized spacial score (nSPS) is 17.1. The molecule has 0 radical (unpaired) electrons. The van der Waals surface area contributed by atoms with E-state index < -0.39 is 0 Å². The number of unbranched alkanes of at least 4 members (excludes halogenated alkanes) is 1. The minimum atomic E-state index is 0.142. The Hall–Kier alpha value is -1.79. The molecule has 0 spiro atoms. The van der Waals surface area contributed by atoms with Crippen molar-refractivity contribution >= 4 is 5.96 Å². The van der Waals surface area contributed by atoms with Gasteiger partial charge in [-0.15, -0.1) is 6.58 Å². The van der Waals surface area contributed by atoms with E-state index >= 15 is 0 Å². The van der Waals surface area contributed by atoms with E-state index in [9.17, 15) is 0 Å². The standard InChI is InChI=1S/C20H34N4O2/c1-5-7-8-11-23(4)20(21-6-2)22-16-18(19-10-9-17(3)26-19)24-12-14-25-15-13-24/h5,9-10,18H,1,6-8,11-16H2,2-4H3,(H,21,22). The van der Waals surface area contributed by atoms with Gasteiger partial charge < -0.3 is 19.4 Å². The number of nitrogens with zero attached hydrogens (tertiary/aromatic N) is 3. The molecule has 1 aromatic rings. The fourth-order valence-electron chi connectivity index (χ4n) is 3.13. The Morgan fingerprint density at radius 3 is 2.81 bits per heavy atom. The highest BCUT2D eigenvalue weighted by Crippen LogP contribution is 2.24. The van der Waals surface area contributed by atoms with Crippen LogP contribution in [0.25, 0.3) is 0 Å². The van der Waals surface area contributed by atoms with Gasteiger partial charge in [-0.1, -0.05) is 6.08 Å². The first-order valence-corrected chi connectivity index (χ1v) is 9.64. The summed E-state index contributed by atoms with van der Waals surface area (Å²) in [4.78, 5) is 9.52. The first-order chi connectivity index (χ1) is 12.7. The van der Waals surface area contributed by atoms with Crippen LogP contribution in [0.15, 0.2) is 34.2 Å². The van der Waals surface area contributed by atoms with Gasteiger partial charge in [-0.3, -0.25) is 9.89 Å². The van der Waals surface area contributed by atoms with E-state index in [4.69, 9.17) is 14.1 Å². The first-order valence-electron chi connectivity index (χ1n) is 9.64. The Kier molecular flexibility index (Phi) is 8.71. The molecule has 0 aliphatic carbocycles. The summed E-state index contributed by atoms with van der Waals surface area (Å²) in [5, 5.41) is 3.40. The van der Waals surface area contributed by atoms with Crippen molar-refractivity contribution in [3.05, 3.63) is 36.3 Å². The van der Waals surface area contributed by atoms with E-state index in [1.54, 1.807) is 0 Å². The lowest BCUT2D eigenvalue weighted by Crippen LogP contribution is -2.42. The SMILES string of the molecule is C=CCCCN(C)C(=NCC(c1ccc(C)o1)N1CCOCC1)NCC. The van der Waals surface area contributed by atoms with Gasteiger partial charge in [-0.05, 0) is 38.8 Å². The van der Waals surface area contributed by atoms with Gasteiger partial charge in [0.05, 0.1) is 25.8 Å². The molecule has 0 saturated carbocycles. The third-order valence-corrected chi connectivity index (χ3v) is 4.59. The molecule has 6 nitrogen and oxygen atoms in total. The number of furan rings is 1. The maximum atomic E-state index is 5.93. The number of guanidine groups is 1. The summed E-state index contributed by atoms with van der Waals surface area (Å²) in [6.45, 7) is 13.7. The third kappa shape index (κ3) is 6.18. The van der Waals surface area contributed by atoms with Gasteiger partial charge in [0, 0.05) is 33.2 Å². The maximum absolute atomic E-state index is 5.93. The van der Waals surface area contributed by atoms with Crippen LogP contribution in [0.2, 0.25) is 0 Å². The van der Waals surface area contributed by atoms with Crippen LogP contribution in [-0.2, 0) is 4.74 Å². The second-order valence-electron chi connectivity index (χ2n) is 6.66. The number of allylic oxidation sites excluding steroid dienone is 1. The molecule has 0 aromatic carbocycles. The predicted octanol–water partition coefficient (Wildman–Crippen LogP) is 2.82. The summed E-state index contributed by atoms with van der Waals surface area (Å²) in [7, 11) is 2.09. The van der Waals surface area contributed by atoms with Crippen molar-refractivity contribution in [3.8, 4) is 0 Å². The molecule has 0 amide bonds. The van der Waals surface area contributed by atoms with Gasteiger partial charge in [0.25, 0.3) is 0 Å². The highest BCUT2D eigenvalue weighted by molar-refractivity contribution is 5.79. The quantitative estimate of drug-likeness (QED) is 0.317. The van der Waals surface area contributed by atoms with Crippen molar-refractivity contribution in [1.29, 1.82) is 0 Å². The molecule has 2 heterocycles. The van der Waals surface area contributed by atoms with E-state index in [0.717, 1.165) is 69.7 Å². The second-order valence-corrected chi connectivity index (χ2v) is 6.66. The monoisotopic (exact) mass is 362 g/mol. The third-order valence-electron chi connectivity index (χ3n) is 4.59. The number of hydrogen-bond acceptors (Lipinski definition) is 4. The Bertz CT molecular complexity index is 564. The van der Waals surface area contributed by atoms with Gasteiger partial charge in [0.1, 0.15) is 11.5 Å². The zero-order valence-electron chi connectivity index (χ0n) is 16.5. The first kappa shape index (κ1) is 20.5. The summed E-state index contributed by atoms with van der Waals surface area (Å²) in [5.41, 5.74) is 0. The summed E-state index contributed by atoms with van der Waals surface area (Å²) >= 11 is 0. The molecule has 1 aliphatic heterocycles. The van der Waals surface area contributed by atoms with Crippen LogP contribution in [0.1, 0.15) is 37.3 Å². The minimum Gasteiger partial charge on any atom is -0.465 e. The number of morpholine rings is 1. The number of aryl methyl sites for hydroxylation is 1. The zero-order chi connectivity index (χ0) is 18.8. The number of ether oxygens (including phenoxy) is 1. The molecular weight excluding hydrogens is 328 g/mol. The van der Waals surface area contributed by atoms with Gasteiger partial charge in [0.2, 0.25) is 0 Å². The topological polar surface area (TPSA) is 53.2 Å². The van der Waals surface area contributed by atoms with Crippen molar-refractivity contribution in [2.45, 2.75) is 32.7 Å². The molecule has 146 valence electrons. The Morgan fingerprint density at radius 2 is 2.19 bits per heavy atom. The van der Waals surface area contributed by atoms with Crippen molar-refractivity contribution in [2.75, 3.05) is 53.0 Å². The van der Waals surface area contributed by atoms with Gasteiger partial charge in [-0.25, -0.2) is 0 Å². The van der Waals surface area contributed by atoms with Crippen molar-refractivity contribution in [2.24, 2.45) is 4.99 Å². The van der Waals surface area contributed by atoms with Crippen LogP contribution < -0.4 is 5.32 Å². The zero-order valence-corrected chi connectivity index (χ0v) is 16.5. The summed E-state index contributed by atoms with van der Waals surface area (Å²) < 4.78 is 11.4. The molecule has 1 aromatic heterocycles. The molecule has 0 bridgehead atoms. The molecule has 1 aliphatic rings. The van der Waals surface area contributed by atoms with Gasteiger partial charge >= 0.3 is 0 Å². The summed E-state index contributed by atoms with van der Waals surface area (Å²) in [5.74, 6) is 2.87. The van der Waals surface area contributed by atoms with Crippen molar-refractivity contribution in [1.82, 2.24) is 15.1 Å². The average Bonchev–Trinajstić information content (AvgIpc) is 3.08. The van der Waals surface area contributed by atoms with Gasteiger partial charge in [-0.2, -0.15) is 0 Å². The van der Waals surface area contributed by atoms with Crippen molar-refractivity contribution < 1.29 is 9.15 Å². The second kappa shape index (κ2) is 11.0. The number of hydrogen-bond donors (Lipinski definition) is 1. The fourth-order valence-corrected chi connectivity index (χ4v) is 3.13. The van der Waals surface area contributed by atoms with E-state index in [1.807, 2.05) is 19.1 Å². The highest BCUT2D eigenvalue weighted by Gasteiger charge is 2.25. The molecule has 2 rings (SSSR count). The highest BCUT2D eigenvalue weighted by atomic mass is 16.5. The lowest BCUT2D eigenvalue weighted by atomic mass is 10.1. The van der Waals surface area contributed by atoms with E-state index in [-0.39, 0.29) is 6.04 Å². The number of rotatable bonds is 9. The maximum Gasteiger partial charge on any atom is 0.193 e. The molecule has 1 fully saturated rings. The van der Waals surface area contributed by atoms with E-state index in [2.05, 4.69) is 41.7 Å². The summed E-state index contributed by atoms with van der Waals surface area (Å²) in [6, 6.07) is 4.24. The molecule has 1 atom stereocenters. The smallest absolute Gasteiger partial charge is 0.193 e. The fraction of sp³-hybridized carbons (Fsp3) is 0.650. The van der Waals surface area contributed by atoms with Crippen LogP contribution in [0.3, 0.4) is 0 Å². The van der Waals surface area contributed by atoms with Crippen LogP contribution in [0, 0.1) is 6.92 Å². The van der Waals surface area contributed by atoms with Crippen LogP contribution in [0.4, 0.5) is 0 Å². The molecular formula is C20H34N4O2. The largest absolute Gasteiger partial charge is 0.465 e. The number of nitrogens with one attached hydrogen (secondary N) is 1. The average molecular weight is 363 g/mol. The molecule has 1 unspecified atom stereocenters. The van der Waals surface area contributed by atoms with E-state index in [1.165, 1.54) is 0 Å². The minimum absolute atomic E-state index is 0.142. The van der Waals surface area contributed by atoms with Gasteiger partial charge in [0.15, 0.2) is 5.96 Å². The molecule has 26 heavy (non-hydrogen) atoms. The Morgan fingerprint density at radius 1 is 1.42 bits per heavy atom. The Balaban J connectivity index is 2.10. The van der Waals surface area contributed by atoms with Crippen LogP contribution >= 0.6 is 0 Å². The molecule has 1 N–H and O–H groups in total. The molecule has 1 saturated heterocycles. The van der Waals surface area contributed by atoms with Crippen LogP contribution in [-0.4, -0.2) is 68.7 Å². The Labute approximate surface area is 157 Å². The lowest BCUT2D eigenvalue weighted by molar-refractivity contribution is 0.0135. The summed E-state index contributed by atoms with van der Waals surface area (Å²) in [6.07, 6.45) is 4.06. The van der Waals surface area contributed by atoms with Crippen LogP contribution in [0.5, 0.6) is 0 Å². The lowest BCUT2D eigenvalue weighted by Gasteiger charge is -2.33.